The monoisotopic (exact) mass is 334 g/mol. The summed E-state index contributed by atoms with van der Waals surface area (Å²) in [5.41, 5.74) is -0.00132. The Balaban J connectivity index is 3.06. The largest absolute Gasteiger partial charge is 0.347 e. The van der Waals surface area contributed by atoms with Gasteiger partial charge in [0.1, 0.15) is 12.4 Å². The van der Waals surface area contributed by atoms with E-state index >= 15 is 0 Å². The number of hydrogen-bond acceptors (Lipinski definition) is 2. The summed E-state index contributed by atoms with van der Waals surface area (Å²) in [4.78, 5) is 26.9. The molecular weight excluding hydrogens is 318 g/mol. The lowest BCUT2D eigenvalue weighted by molar-refractivity contribution is -0.129. The molecule has 0 atom stereocenters. The van der Waals surface area contributed by atoms with Gasteiger partial charge in [-0.25, -0.2) is 4.39 Å². The van der Waals surface area contributed by atoms with E-state index in [1.54, 1.807) is 14.1 Å². The van der Waals surface area contributed by atoms with Gasteiger partial charge >= 0.3 is 0 Å². The van der Waals surface area contributed by atoms with Crippen LogP contribution in [0.15, 0.2) is 12.1 Å². The molecule has 0 heterocycles. The highest BCUT2D eigenvalue weighted by Gasteiger charge is 2.22. The number of nitrogens with zero attached hydrogens (tertiary/aromatic N) is 2. The first-order valence-electron chi connectivity index (χ1n) is 6.41. The van der Waals surface area contributed by atoms with Crippen LogP contribution in [0.4, 0.5) is 4.39 Å². The van der Waals surface area contributed by atoms with Crippen molar-refractivity contribution in [2.45, 2.75) is 13.3 Å². The van der Waals surface area contributed by atoms with E-state index in [0.717, 1.165) is 6.07 Å². The maximum absolute atomic E-state index is 13.5. The molecule has 0 aliphatic carbocycles. The van der Waals surface area contributed by atoms with Crippen LogP contribution in [0.3, 0.4) is 0 Å². The van der Waals surface area contributed by atoms with Crippen molar-refractivity contribution in [3.63, 3.8) is 0 Å². The lowest BCUT2D eigenvalue weighted by Crippen LogP contribution is -2.40. The minimum Gasteiger partial charge on any atom is -0.347 e. The Hall–Kier alpha value is -1.33. The van der Waals surface area contributed by atoms with Crippen LogP contribution >= 0.6 is 23.2 Å². The van der Waals surface area contributed by atoms with Crippen molar-refractivity contribution in [3.8, 4) is 0 Å². The fourth-order valence-electron chi connectivity index (χ4n) is 1.68. The molecule has 21 heavy (non-hydrogen) atoms. The van der Waals surface area contributed by atoms with Crippen LogP contribution in [0.5, 0.6) is 0 Å². The Morgan fingerprint density at radius 2 is 1.81 bits per heavy atom. The molecular formula is C14H17Cl2FN2O2. The van der Waals surface area contributed by atoms with Crippen LogP contribution in [0.2, 0.25) is 10.0 Å². The average Bonchev–Trinajstić information content (AvgIpc) is 2.41. The second-order valence-corrected chi connectivity index (χ2v) is 5.58. The Morgan fingerprint density at radius 1 is 1.19 bits per heavy atom. The predicted molar refractivity (Wildman–Crippen MR) is 81.3 cm³/mol. The van der Waals surface area contributed by atoms with Crippen molar-refractivity contribution in [1.82, 2.24) is 9.80 Å². The third kappa shape index (κ3) is 4.58. The second kappa shape index (κ2) is 7.61. The molecule has 0 aromatic heterocycles. The van der Waals surface area contributed by atoms with Crippen LogP contribution in [0.25, 0.3) is 0 Å². The maximum Gasteiger partial charge on any atom is 0.255 e. The molecule has 116 valence electrons. The zero-order valence-corrected chi connectivity index (χ0v) is 13.6. The van der Waals surface area contributed by atoms with Crippen molar-refractivity contribution in [2.24, 2.45) is 0 Å². The summed E-state index contributed by atoms with van der Waals surface area (Å²) in [5, 5.41) is -0.0900. The Bertz CT molecular complexity index is 550. The zero-order chi connectivity index (χ0) is 16.2. The van der Waals surface area contributed by atoms with Gasteiger partial charge in [0, 0.05) is 20.6 Å². The molecule has 0 fully saturated rings. The number of carbonyl (C=O) groups excluding carboxylic acids is 2. The Morgan fingerprint density at radius 3 is 2.33 bits per heavy atom. The SMILES string of the molecule is CCCN(CC(=O)N(C)C)C(=O)c1cc(F)c(Cl)cc1Cl. The summed E-state index contributed by atoms with van der Waals surface area (Å²) in [5.74, 6) is -1.44. The zero-order valence-electron chi connectivity index (χ0n) is 12.1. The standard InChI is InChI=1S/C14H17Cl2FN2O2/c1-4-5-19(8-13(20)18(2)3)14(21)9-6-12(17)11(16)7-10(9)15/h6-7H,4-5,8H2,1-3H3. The molecule has 0 aliphatic heterocycles. The van der Waals surface area contributed by atoms with Gasteiger partial charge in [-0.3, -0.25) is 9.59 Å². The maximum atomic E-state index is 13.5. The summed E-state index contributed by atoms with van der Waals surface area (Å²) in [6.07, 6.45) is 0.667. The molecule has 7 heteroatoms. The second-order valence-electron chi connectivity index (χ2n) is 4.76. The van der Waals surface area contributed by atoms with Gasteiger partial charge in [0.15, 0.2) is 0 Å². The number of hydrogen-bond donors (Lipinski definition) is 0. The number of benzene rings is 1. The molecule has 2 amide bonds. The summed E-state index contributed by atoms with van der Waals surface area (Å²) in [6, 6.07) is 2.18. The molecule has 4 nitrogen and oxygen atoms in total. The fourth-order valence-corrected chi connectivity index (χ4v) is 2.15. The van der Waals surface area contributed by atoms with Crippen molar-refractivity contribution in [2.75, 3.05) is 27.2 Å². The van der Waals surface area contributed by atoms with Crippen molar-refractivity contribution >= 4 is 35.0 Å². The molecule has 0 unspecified atom stereocenters. The Kier molecular flexibility index (Phi) is 6.42. The van der Waals surface area contributed by atoms with Crippen molar-refractivity contribution in [3.05, 3.63) is 33.6 Å². The first kappa shape index (κ1) is 17.7. The van der Waals surface area contributed by atoms with Crippen LogP contribution in [0, 0.1) is 5.82 Å². The lowest BCUT2D eigenvalue weighted by Gasteiger charge is -2.24. The highest BCUT2D eigenvalue weighted by molar-refractivity contribution is 6.36. The van der Waals surface area contributed by atoms with E-state index < -0.39 is 11.7 Å². The van der Waals surface area contributed by atoms with Gasteiger partial charge in [-0.15, -0.1) is 0 Å². The van der Waals surface area contributed by atoms with Gasteiger partial charge in [-0.1, -0.05) is 30.1 Å². The van der Waals surface area contributed by atoms with E-state index in [9.17, 15) is 14.0 Å². The third-order valence-corrected chi connectivity index (χ3v) is 3.45. The smallest absolute Gasteiger partial charge is 0.255 e. The molecule has 0 saturated heterocycles. The van der Waals surface area contributed by atoms with Gasteiger partial charge < -0.3 is 9.80 Å². The van der Waals surface area contributed by atoms with Crippen molar-refractivity contribution in [1.29, 1.82) is 0 Å². The summed E-state index contributed by atoms with van der Waals surface area (Å²) >= 11 is 11.6. The Labute approximate surface area is 133 Å². The van der Waals surface area contributed by atoms with E-state index in [2.05, 4.69) is 0 Å². The lowest BCUT2D eigenvalue weighted by atomic mass is 10.2. The molecule has 0 N–H and O–H groups in total. The van der Waals surface area contributed by atoms with E-state index in [1.807, 2.05) is 6.92 Å². The van der Waals surface area contributed by atoms with Crippen LogP contribution < -0.4 is 0 Å². The molecule has 1 aromatic rings. The minimum atomic E-state index is -0.722. The predicted octanol–water partition coefficient (Wildman–Crippen LogP) is 3.07. The normalized spacial score (nSPS) is 10.4. The number of carbonyl (C=O) groups is 2. The number of rotatable bonds is 5. The van der Waals surface area contributed by atoms with E-state index in [0.29, 0.717) is 13.0 Å². The highest BCUT2D eigenvalue weighted by atomic mass is 35.5. The molecule has 0 aliphatic rings. The molecule has 1 aromatic carbocycles. The van der Waals surface area contributed by atoms with Gasteiger partial charge in [0.25, 0.3) is 5.91 Å². The van der Waals surface area contributed by atoms with Crippen molar-refractivity contribution < 1.29 is 14.0 Å². The van der Waals surface area contributed by atoms with E-state index in [-0.39, 0.29) is 28.1 Å². The van der Waals surface area contributed by atoms with Gasteiger partial charge in [-0.05, 0) is 18.6 Å². The average molecular weight is 335 g/mol. The van der Waals surface area contributed by atoms with Crippen LogP contribution in [0.1, 0.15) is 23.7 Å². The highest BCUT2D eigenvalue weighted by Crippen LogP contribution is 2.25. The van der Waals surface area contributed by atoms with Gasteiger partial charge in [0.05, 0.1) is 15.6 Å². The molecule has 0 spiro atoms. The molecule has 0 bridgehead atoms. The summed E-state index contributed by atoms with van der Waals surface area (Å²) < 4.78 is 13.5. The first-order chi connectivity index (χ1) is 9.77. The van der Waals surface area contributed by atoms with Crippen LogP contribution in [-0.2, 0) is 4.79 Å². The minimum absolute atomic E-state index is 0.00132. The van der Waals surface area contributed by atoms with E-state index in [1.165, 1.54) is 15.9 Å². The molecule has 1 rings (SSSR count). The summed E-state index contributed by atoms with van der Waals surface area (Å²) in [7, 11) is 3.21. The molecule has 0 radical (unpaired) electrons. The quantitative estimate of drug-likeness (QED) is 0.776. The van der Waals surface area contributed by atoms with Crippen LogP contribution in [-0.4, -0.2) is 48.8 Å². The topological polar surface area (TPSA) is 40.6 Å². The van der Waals surface area contributed by atoms with E-state index in [4.69, 9.17) is 23.2 Å². The molecule has 0 saturated carbocycles. The van der Waals surface area contributed by atoms with Gasteiger partial charge in [0.2, 0.25) is 5.91 Å². The third-order valence-electron chi connectivity index (χ3n) is 2.85. The fraction of sp³-hybridized carbons (Fsp3) is 0.429. The van der Waals surface area contributed by atoms with Gasteiger partial charge in [-0.2, -0.15) is 0 Å². The first-order valence-corrected chi connectivity index (χ1v) is 7.17. The summed E-state index contributed by atoms with van der Waals surface area (Å²) in [6.45, 7) is 2.17. The number of halogens is 3. The number of amides is 2. The number of likely N-dealkylation sites (N-methyl/N-ethyl adjacent to an activating group) is 1.